The van der Waals surface area contributed by atoms with E-state index in [1.807, 2.05) is 31.2 Å². The number of benzene rings is 1. The predicted molar refractivity (Wildman–Crippen MR) is 80.2 cm³/mol. The molecular weight excluding hydrogens is 250 g/mol. The first-order chi connectivity index (χ1) is 9.74. The number of nitrogens with zero attached hydrogens (tertiary/aromatic N) is 1. The van der Waals surface area contributed by atoms with Gasteiger partial charge in [-0.1, -0.05) is 0 Å². The van der Waals surface area contributed by atoms with Crippen molar-refractivity contribution < 1.29 is 4.79 Å². The molecule has 1 aliphatic rings. The van der Waals surface area contributed by atoms with Crippen molar-refractivity contribution in [1.29, 1.82) is 0 Å². The number of aromatic nitrogens is 1. The lowest BCUT2D eigenvalue weighted by Gasteiger charge is -2.18. The molecule has 0 saturated heterocycles. The summed E-state index contributed by atoms with van der Waals surface area (Å²) in [6, 6.07) is 7.65. The molecule has 1 aromatic heterocycles. The molecule has 0 unspecified atom stereocenters. The van der Waals surface area contributed by atoms with Crippen molar-refractivity contribution in [3.63, 3.8) is 0 Å². The highest BCUT2D eigenvalue weighted by Crippen LogP contribution is 2.23. The second-order valence-corrected chi connectivity index (χ2v) is 5.05. The molecule has 0 atom stereocenters. The van der Waals surface area contributed by atoms with Crippen LogP contribution in [0.1, 0.15) is 27.9 Å². The van der Waals surface area contributed by atoms with Crippen LogP contribution in [0, 0.1) is 6.92 Å². The molecule has 2 aromatic rings. The second-order valence-electron chi connectivity index (χ2n) is 5.05. The molecule has 3 rings (SSSR count). The largest absolute Gasteiger partial charge is 0.385 e. The Hall–Kier alpha value is -2.36. The van der Waals surface area contributed by atoms with Gasteiger partial charge >= 0.3 is 0 Å². The van der Waals surface area contributed by atoms with Gasteiger partial charge in [0.15, 0.2) is 0 Å². The Labute approximate surface area is 118 Å². The van der Waals surface area contributed by atoms with E-state index in [0.29, 0.717) is 5.56 Å². The monoisotopic (exact) mass is 267 g/mol. The Morgan fingerprint density at radius 3 is 3.10 bits per heavy atom. The van der Waals surface area contributed by atoms with Crippen LogP contribution in [0.2, 0.25) is 0 Å². The summed E-state index contributed by atoms with van der Waals surface area (Å²) in [6.07, 6.45) is 5.56. The average Bonchev–Trinajstić information content (AvgIpc) is 2.49. The van der Waals surface area contributed by atoms with Crippen molar-refractivity contribution in [2.45, 2.75) is 19.8 Å². The first kappa shape index (κ1) is 12.7. The fraction of sp³-hybridized carbons (Fsp3) is 0.250. The normalized spacial score (nSPS) is 13.2. The van der Waals surface area contributed by atoms with Gasteiger partial charge in [0.2, 0.25) is 0 Å². The SMILES string of the molecule is Cc1cnccc1NC(=O)c1ccc2c(c1)CCCN2. The zero-order valence-electron chi connectivity index (χ0n) is 11.4. The van der Waals surface area contributed by atoms with Gasteiger partial charge in [0.1, 0.15) is 0 Å². The van der Waals surface area contributed by atoms with Gasteiger partial charge in [-0.25, -0.2) is 0 Å². The Morgan fingerprint density at radius 1 is 1.35 bits per heavy atom. The van der Waals surface area contributed by atoms with Crippen molar-refractivity contribution in [1.82, 2.24) is 4.98 Å². The van der Waals surface area contributed by atoms with Crippen LogP contribution in [0.15, 0.2) is 36.7 Å². The van der Waals surface area contributed by atoms with Crippen LogP contribution in [-0.4, -0.2) is 17.4 Å². The van der Waals surface area contributed by atoms with Crippen molar-refractivity contribution in [3.8, 4) is 0 Å². The highest BCUT2D eigenvalue weighted by Gasteiger charge is 2.13. The van der Waals surface area contributed by atoms with E-state index in [0.717, 1.165) is 36.3 Å². The first-order valence-electron chi connectivity index (χ1n) is 6.83. The van der Waals surface area contributed by atoms with E-state index in [9.17, 15) is 4.79 Å². The molecule has 4 heteroatoms. The fourth-order valence-corrected chi connectivity index (χ4v) is 2.42. The number of nitrogens with one attached hydrogen (secondary N) is 2. The van der Waals surface area contributed by atoms with Crippen LogP contribution < -0.4 is 10.6 Å². The quantitative estimate of drug-likeness (QED) is 0.879. The summed E-state index contributed by atoms with van der Waals surface area (Å²) in [5, 5.41) is 6.28. The zero-order valence-corrected chi connectivity index (χ0v) is 11.4. The molecule has 1 aliphatic heterocycles. The van der Waals surface area contributed by atoms with Crippen LogP contribution >= 0.6 is 0 Å². The molecule has 1 amide bonds. The standard InChI is InChI=1S/C16H17N3O/c1-11-10-17-8-6-14(11)19-16(20)13-4-5-15-12(9-13)3-2-7-18-15/h4-6,8-10,18H,2-3,7H2,1H3,(H,17,19,20). The zero-order chi connectivity index (χ0) is 13.9. The third-order valence-corrected chi connectivity index (χ3v) is 3.57. The molecule has 0 aliphatic carbocycles. The van der Waals surface area contributed by atoms with Crippen LogP contribution in [0.4, 0.5) is 11.4 Å². The molecule has 1 aromatic carbocycles. The number of amides is 1. The van der Waals surface area contributed by atoms with Crippen LogP contribution in [0.3, 0.4) is 0 Å². The summed E-state index contributed by atoms with van der Waals surface area (Å²) in [7, 11) is 0. The lowest BCUT2D eigenvalue weighted by Crippen LogP contribution is -2.16. The molecular formula is C16H17N3O. The van der Waals surface area contributed by atoms with Gasteiger partial charge in [-0.2, -0.15) is 0 Å². The lowest BCUT2D eigenvalue weighted by molar-refractivity contribution is 0.102. The topological polar surface area (TPSA) is 54.0 Å². The smallest absolute Gasteiger partial charge is 0.255 e. The summed E-state index contributed by atoms with van der Waals surface area (Å²) in [6.45, 7) is 2.94. The fourth-order valence-electron chi connectivity index (χ4n) is 2.42. The summed E-state index contributed by atoms with van der Waals surface area (Å²) in [4.78, 5) is 16.3. The van der Waals surface area contributed by atoms with Crippen molar-refractivity contribution >= 4 is 17.3 Å². The van der Waals surface area contributed by atoms with Gasteiger partial charge in [-0.3, -0.25) is 9.78 Å². The van der Waals surface area contributed by atoms with E-state index < -0.39 is 0 Å². The molecule has 102 valence electrons. The number of pyridine rings is 1. The number of hydrogen-bond acceptors (Lipinski definition) is 3. The number of carbonyl (C=O) groups is 1. The average molecular weight is 267 g/mol. The first-order valence-corrected chi connectivity index (χ1v) is 6.83. The Bertz CT molecular complexity index is 652. The number of hydrogen-bond donors (Lipinski definition) is 2. The number of carbonyl (C=O) groups excluding carboxylic acids is 1. The predicted octanol–water partition coefficient (Wildman–Crippen LogP) is 3.00. The van der Waals surface area contributed by atoms with Crippen LogP contribution in [0.5, 0.6) is 0 Å². The van der Waals surface area contributed by atoms with E-state index in [-0.39, 0.29) is 5.91 Å². The number of fused-ring (bicyclic) bond motifs is 1. The molecule has 4 nitrogen and oxygen atoms in total. The molecule has 0 bridgehead atoms. The maximum atomic E-state index is 12.3. The molecule has 2 heterocycles. The summed E-state index contributed by atoms with van der Waals surface area (Å²) in [5.41, 5.74) is 4.83. The van der Waals surface area contributed by atoms with E-state index in [1.54, 1.807) is 12.4 Å². The van der Waals surface area contributed by atoms with E-state index in [4.69, 9.17) is 0 Å². The van der Waals surface area contributed by atoms with Gasteiger partial charge in [-0.15, -0.1) is 0 Å². The maximum Gasteiger partial charge on any atom is 0.255 e. The van der Waals surface area contributed by atoms with Gasteiger partial charge in [0, 0.05) is 35.9 Å². The number of rotatable bonds is 2. The van der Waals surface area contributed by atoms with Crippen molar-refractivity contribution in [2.24, 2.45) is 0 Å². The molecule has 2 N–H and O–H groups in total. The molecule has 20 heavy (non-hydrogen) atoms. The molecule has 0 spiro atoms. The van der Waals surface area contributed by atoms with Gasteiger partial charge in [-0.05, 0) is 55.2 Å². The van der Waals surface area contributed by atoms with Gasteiger partial charge in [0.25, 0.3) is 5.91 Å². The van der Waals surface area contributed by atoms with Crippen molar-refractivity contribution in [3.05, 3.63) is 53.3 Å². The van der Waals surface area contributed by atoms with Crippen LogP contribution in [0.25, 0.3) is 0 Å². The van der Waals surface area contributed by atoms with Gasteiger partial charge < -0.3 is 10.6 Å². The second kappa shape index (κ2) is 5.33. The minimum absolute atomic E-state index is 0.0762. The molecule has 0 fully saturated rings. The maximum absolute atomic E-state index is 12.3. The Morgan fingerprint density at radius 2 is 2.25 bits per heavy atom. The summed E-state index contributed by atoms with van der Waals surface area (Å²) < 4.78 is 0. The third kappa shape index (κ3) is 2.50. The highest BCUT2D eigenvalue weighted by molar-refractivity contribution is 6.05. The lowest BCUT2D eigenvalue weighted by atomic mass is 10.0. The third-order valence-electron chi connectivity index (χ3n) is 3.57. The molecule has 0 saturated carbocycles. The van der Waals surface area contributed by atoms with E-state index in [2.05, 4.69) is 15.6 Å². The minimum Gasteiger partial charge on any atom is -0.385 e. The summed E-state index contributed by atoms with van der Waals surface area (Å²) in [5.74, 6) is -0.0762. The Balaban J connectivity index is 1.82. The van der Waals surface area contributed by atoms with Crippen molar-refractivity contribution in [2.75, 3.05) is 17.2 Å². The highest BCUT2D eigenvalue weighted by atomic mass is 16.1. The van der Waals surface area contributed by atoms with E-state index in [1.165, 1.54) is 5.56 Å². The Kier molecular flexibility index (Phi) is 3.37. The number of aryl methyl sites for hydroxylation is 2. The van der Waals surface area contributed by atoms with E-state index >= 15 is 0 Å². The van der Waals surface area contributed by atoms with Crippen LogP contribution in [-0.2, 0) is 6.42 Å². The summed E-state index contributed by atoms with van der Waals surface area (Å²) >= 11 is 0. The number of anilines is 2. The van der Waals surface area contributed by atoms with Gasteiger partial charge in [0.05, 0.1) is 0 Å². The minimum atomic E-state index is -0.0762. The molecule has 0 radical (unpaired) electrons.